The summed E-state index contributed by atoms with van der Waals surface area (Å²) in [7, 11) is -1.35. The van der Waals surface area contributed by atoms with Gasteiger partial charge < -0.3 is 4.74 Å². The first-order valence-corrected chi connectivity index (χ1v) is 8.11. The van der Waals surface area contributed by atoms with Crippen molar-refractivity contribution in [3.8, 4) is 0 Å². The number of carbonyl (C=O) groups is 1. The minimum atomic E-state index is -1.35. The van der Waals surface area contributed by atoms with Crippen molar-refractivity contribution >= 4 is 14.0 Å². The monoisotopic (exact) mass is 186 g/mol. The van der Waals surface area contributed by atoms with Gasteiger partial charge in [0.25, 0.3) is 0 Å². The molecule has 0 radical (unpaired) electrons. The van der Waals surface area contributed by atoms with Crippen LogP contribution in [0.1, 0.15) is 19.8 Å². The Kier molecular flexibility index (Phi) is 2.34. The van der Waals surface area contributed by atoms with Gasteiger partial charge in [-0.25, -0.2) is 0 Å². The van der Waals surface area contributed by atoms with E-state index in [1.165, 1.54) is 0 Å². The number of hydrogen-bond donors (Lipinski definition) is 0. The summed E-state index contributed by atoms with van der Waals surface area (Å²) < 4.78 is 5.09. The van der Waals surface area contributed by atoms with Crippen molar-refractivity contribution in [2.24, 2.45) is 0 Å². The molecule has 0 amide bonds. The lowest BCUT2D eigenvalue weighted by atomic mass is 10.4. The average Bonchev–Trinajstić information content (AvgIpc) is 2.63. The van der Waals surface area contributed by atoms with Crippen LogP contribution >= 0.6 is 0 Å². The van der Waals surface area contributed by atoms with E-state index in [0.717, 1.165) is 12.8 Å². The third-order valence-corrected chi connectivity index (χ3v) is 6.43. The maximum atomic E-state index is 11.6. The van der Waals surface area contributed by atoms with Crippen molar-refractivity contribution in [2.75, 3.05) is 6.61 Å². The highest BCUT2D eigenvalue weighted by molar-refractivity contribution is 6.83. The fraction of sp³-hybridized carbons (Fsp3) is 0.889. The number of carbonyl (C=O) groups excluding carboxylic acids is 1. The first-order chi connectivity index (χ1) is 5.44. The normalized spacial score (nSPS) is 20.3. The molecule has 3 heteroatoms. The van der Waals surface area contributed by atoms with E-state index in [1.807, 2.05) is 6.92 Å². The second-order valence-electron chi connectivity index (χ2n) is 4.55. The van der Waals surface area contributed by atoms with Gasteiger partial charge in [-0.1, -0.05) is 19.6 Å². The van der Waals surface area contributed by atoms with Gasteiger partial charge in [0.2, 0.25) is 0 Å². The van der Waals surface area contributed by atoms with Crippen molar-refractivity contribution in [3.05, 3.63) is 0 Å². The van der Waals surface area contributed by atoms with E-state index >= 15 is 0 Å². The Morgan fingerprint density at radius 1 is 1.42 bits per heavy atom. The largest absolute Gasteiger partial charge is 0.466 e. The zero-order chi connectivity index (χ0) is 9.41. The Balaban J connectivity index is 2.67. The van der Waals surface area contributed by atoms with E-state index in [-0.39, 0.29) is 11.0 Å². The van der Waals surface area contributed by atoms with Crippen molar-refractivity contribution in [2.45, 2.75) is 44.4 Å². The first kappa shape index (κ1) is 9.77. The van der Waals surface area contributed by atoms with Crippen LogP contribution in [0.3, 0.4) is 0 Å². The SMILES string of the molecule is CCOC(=O)C1([Si](C)(C)C)CC1. The van der Waals surface area contributed by atoms with E-state index in [2.05, 4.69) is 19.6 Å². The molecule has 0 atom stereocenters. The van der Waals surface area contributed by atoms with E-state index < -0.39 is 8.07 Å². The molecule has 0 spiro atoms. The van der Waals surface area contributed by atoms with Crippen LogP contribution in [0.2, 0.25) is 24.7 Å². The van der Waals surface area contributed by atoms with Crippen LogP contribution in [0.5, 0.6) is 0 Å². The Hall–Kier alpha value is -0.313. The third-order valence-electron chi connectivity index (χ3n) is 2.85. The molecule has 0 N–H and O–H groups in total. The molecule has 0 aromatic heterocycles. The molecule has 1 aliphatic carbocycles. The Morgan fingerprint density at radius 2 is 1.92 bits per heavy atom. The Bertz CT molecular complexity index is 189. The predicted octanol–water partition coefficient (Wildman–Crippen LogP) is 2.42. The smallest absolute Gasteiger partial charge is 0.309 e. The molecule has 1 rings (SSSR count). The minimum absolute atomic E-state index is 0.0248. The van der Waals surface area contributed by atoms with Gasteiger partial charge in [-0.3, -0.25) is 4.79 Å². The second-order valence-corrected chi connectivity index (χ2v) is 10.0. The van der Waals surface area contributed by atoms with Gasteiger partial charge in [-0.05, 0) is 19.8 Å². The van der Waals surface area contributed by atoms with E-state index in [1.54, 1.807) is 0 Å². The molecule has 0 saturated heterocycles. The van der Waals surface area contributed by atoms with Gasteiger partial charge in [0.15, 0.2) is 0 Å². The maximum absolute atomic E-state index is 11.6. The van der Waals surface area contributed by atoms with Crippen LogP contribution in [-0.4, -0.2) is 20.7 Å². The highest BCUT2D eigenvalue weighted by Gasteiger charge is 2.59. The molecule has 70 valence electrons. The summed E-state index contributed by atoms with van der Waals surface area (Å²) in [5.41, 5.74) is 0. The third kappa shape index (κ3) is 1.42. The minimum Gasteiger partial charge on any atom is -0.466 e. The molecule has 0 heterocycles. The van der Waals surface area contributed by atoms with Crippen molar-refractivity contribution < 1.29 is 9.53 Å². The van der Waals surface area contributed by atoms with E-state index in [9.17, 15) is 4.79 Å². The van der Waals surface area contributed by atoms with Crippen molar-refractivity contribution in [3.63, 3.8) is 0 Å². The van der Waals surface area contributed by atoms with Crippen molar-refractivity contribution in [1.82, 2.24) is 0 Å². The van der Waals surface area contributed by atoms with Crippen LogP contribution in [0, 0.1) is 0 Å². The molecular formula is C9H18O2Si. The molecule has 0 aromatic rings. The standard InChI is InChI=1S/C9H18O2Si/c1-5-11-8(10)9(6-7-9)12(2,3)4/h5-7H2,1-4H3. The quantitative estimate of drug-likeness (QED) is 0.500. The van der Waals surface area contributed by atoms with Crippen LogP contribution in [0.15, 0.2) is 0 Å². The lowest BCUT2D eigenvalue weighted by Gasteiger charge is -2.26. The number of rotatable bonds is 3. The molecule has 0 unspecified atom stereocenters. The van der Waals surface area contributed by atoms with Gasteiger partial charge in [0.1, 0.15) is 0 Å². The molecular weight excluding hydrogens is 168 g/mol. The van der Waals surface area contributed by atoms with Gasteiger partial charge in [0, 0.05) is 0 Å². The molecule has 1 aliphatic rings. The Morgan fingerprint density at radius 3 is 2.17 bits per heavy atom. The number of ether oxygens (including phenoxy) is 1. The van der Waals surface area contributed by atoms with Gasteiger partial charge in [0.05, 0.1) is 19.7 Å². The highest BCUT2D eigenvalue weighted by Crippen LogP contribution is 2.61. The Labute approximate surface area is 75.3 Å². The van der Waals surface area contributed by atoms with Crippen LogP contribution in [0.25, 0.3) is 0 Å². The molecule has 12 heavy (non-hydrogen) atoms. The van der Waals surface area contributed by atoms with Crippen LogP contribution < -0.4 is 0 Å². The highest BCUT2D eigenvalue weighted by atomic mass is 28.3. The lowest BCUT2D eigenvalue weighted by molar-refractivity contribution is -0.144. The fourth-order valence-corrected chi connectivity index (χ4v) is 3.96. The second kappa shape index (κ2) is 2.87. The summed E-state index contributed by atoms with van der Waals surface area (Å²) >= 11 is 0. The van der Waals surface area contributed by atoms with Gasteiger partial charge in [-0.15, -0.1) is 0 Å². The predicted molar refractivity (Wildman–Crippen MR) is 51.9 cm³/mol. The maximum Gasteiger partial charge on any atom is 0.309 e. The van der Waals surface area contributed by atoms with Crippen LogP contribution in [0.4, 0.5) is 0 Å². The van der Waals surface area contributed by atoms with E-state index in [4.69, 9.17) is 4.74 Å². The lowest BCUT2D eigenvalue weighted by Crippen LogP contribution is -2.36. The molecule has 0 bridgehead atoms. The molecule has 0 aromatic carbocycles. The number of hydrogen-bond acceptors (Lipinski definition) is 2. The fourth-order valence-electron chi connectivity index (χ4n) is 1.65. The van der Waals surface area contributed by atoms with E-state index in [0.29, 0.717) is 6.61 Å². The molecule has 1 saturated carbocycles. The van der Waals surface area contributed by atoms with Crippen LogP contribution in [-0.2, 0) is 9.53 Å². The summed E-state index contributed by atoms with van der Waals surface area (Å²) in [5.74, 6) is 0.0594. The summed E-state index contributed by atoms with van der Waals surface area (Å²) in [5, 5.41) is -0.0248. The van der Waals surface area contributed by atoms with Gasteiger partial charge in [-0.2, -0.15) is 0 Å². The summed E-state index contributed by atoms with van der Waals surface area (Å²) in [6, 6.07) is 0. The first-order valence-electron chi connectivity index (χ1n) is 4.61. The van der Waals surface area contributed by atoms with Gasteiger partial charge >= 0.3 is 5.97 Å². The summed E-state index contributed by atoms with van der Waals surface area (Å²) in [4.78, 5) is 11.6. The zero-order valence-electron chi connectivity index (χ0n) is 8.44. The molecule has 1 fully saturated rings. The average molecular weight is 186 g/mol. The van der Waals surface area contributed by atoms with Crippen molar-refractivity contribution in [1.29, 1.82) is 0 Å². The zero-order valence-corrected chi connectivity index (χ0v) is 9.44. The summed E-state index contributed by atoms with van der Waals surface area (Å²) in [6.45, 7) is 9.13. The number of esters is 1. The molecule has 2 nitrogen and oxygen atoms in total. The molecule has 0 aliphatic heterocycles. The topological polar surface area (TPSA) is 26.3 Å². The summed E-state index contributed by atoms with van der Waals surface area (Å²) in [6.07, 6.45) is 2.11.